The van der Waals surface area contributed by atoms with Crippen LogP contribution in [-0.4, -0.2) is 15.5 Å². The Bertz CT molecular complexity index is 1010. The Balaban J connectivity index is 1.85. The van der Waals surface area contributed by atoms with Crippen molar-refractivity contribution in [3.05, 3.63) is 82.8 Å². The first-order chi connectivity index (χ1) is 12.4. The zero-order chi connectivity index (χ0) is 18.7. The smallest absolute Gasteiger partial charge is 0.265 e. The van der Waals surface area contributed by atoms with Crippen LogP contribution < -0.4 is 9.04 Å². The lowest BCUT2D eigenvalue weighted by Gasteiger charge is -2.20. The van der Waals surface area contributed by atoms with E-state index >= 15 is 0 Å². The number of halogens is 2. The quantitative estimate of drug-likeness (QED) is 0.551. The minimum Gasteiger partial charge on any atom is -0.457 e. The SMILES string of the molecule is CN(c1ccc(Oc2ccccc2)cc1)S(=O)(=O)c1cc(Cl)ccc1Cl. The highest BCUT2D eigenvalue weighted by Gasteiger charge is 2.24. The van der Waals surface area contributed by atoms with E-state index in [1.165, 1.54) is 19.2 Å². The molecule has 0 atom stereocenters. The van der Waals surface area contributed by atoms with Gasteiger partial charge in [-0.1, -0.05) is 41.4 Å². The first-order valence-corrected chi connectivity index (χ1v) is 9.84. The monoisotopic (exact) mass is 407 g/mol. The zero-order valence-corrected chi connectivity index (χ0v) is 16.1. The van der Waals surface area contributed by atoms with Crippen molar-refractivity contribution < 1.29 is 13.2 Å². The predicted molar refractivity (Wildman–Crippen MR) is 105 cm³/mol. The first kappa shape index (κ1) is 18.6. The standard InChI is InChI=1S/C19H15Cl2NO3S/c1-22(26(23,24)19-13-14(20)7-12-18(19)21)15-8-10-17(11-9-15)25-16-5-3-2-4-6-16/h2-13H,1H3. The molecular formula is C19H15Cl2NO3S. The number of ether oxygens (including phenoxy) is 1. The summed E-state index contributed by atoms with van der Waals surface area (Å²) in [5.41, 5.74) is 0.474. The largest absolute Gasteiger partial charge is 0.457 e. The van der Waals surface area contributed by atoms with Gasteiger partial charge in [-0.3, -0.25) is 4.31 Å². The van der Waals surface area contributed by atoms with Gasteiger partial charge in [-0.05, 0) is 54.6 Å². The maximum Gasteiger partial charge on any atom is 0.265 e. The summed E-state index contributed by atoms with van der Waals surface area (Å²) in [6, 6.07) is 20.4. The van der Waals surface area contributed by atoms with E-state index in [9.17, 15) is 8.42 Å². The number of para-hydroxylation sites is 1. The van der Waals surface area contributed by atoms with Crippen LogP contribution in [0.4, 0.5) is 5.69 Å². The molecule has 134 valence electrons. The lowest BCUT2D eigenvalue weighted by molar-refractivity contribution is 0.482. The Kier molecular flexibility index (Phi) is 5.41. The van der Waals surface area contributed by atoms with E-state index in [0.29, 0.717) is 22.2 Å². The van der Waals surface area contributed by atoms with Gasteiger partial charge in [0.25, 0.3) is 10.0 Å². The second-order valence-electron chi connectivity index (χ2n) is 5.46. The Labute approximate surface area is 162 Å². The summed E-state index contributed by atoms with van der Waals surface area (Å²) in [4.78, 5) is -0.0428. The number of hydrogen-bond acceptors (Lipinski definition) is 3. The van der Waals surface area contributed by atoms with Crippen molar-refractivity contribution in [3.8, 4) is 11.5 Å². The molecule has 0 bridgehead atoms. The van der Waals surface area contributed by atoms with Crippen molar-refractivity contribution in [2.24, 2.45) is 0 Å². The molecule has 3 aromatic carbocycles. The molecule has 0 radical (unpaired) electrons. The summed E-state index contributed by atoms with van der Waals surface area (Å²) >= 11 is 12.0. The van der Waals surface area contributed by atoms with Gasteiger partial charge in [0, 0.05) is 12.1 Å². The van der Waals surface area contributed by atoms with Crippen LogP contribution in [0.1, 0.15) is 0 Å². The van der Waals surface area contributed by atoms with E-state index in [2.05, 4.69) is 0 Å². The molecule has 3 rings (SSSR count). The van der Waals surface area contributed by atoms with E-state index < -0.39 is 10.0 Å². The summed E-state index contributed by atoms with van der Waals surface area (Å²) < 4.78 is 32.5. The Morgan fingerprint density at radius 1 is 0.846 bits per heavy atom. The van der Waals surface area contributed by atoms with Gasteiger partial charge in [-0.2, -0.15) is 0 Å². The Morgan fingerprint density at radius 2 is 1.46 bits per heavy atom. The van der Waals surface area contributed by atoms with Crippen molar-refractivity contribution in [2.45, 2.75) is 4.90 Å². The first-order valence-electron chi connectivity index (χ1n) is 7.65. The maximum atomic E-state index is 12.8. The van der Waals surface area contributed by atoms with E-state index in [1.807, 2.05) is 30.3 Å². The highest BCUT2D eigenvalue weighted by atomic mass is 35.5. The van der Waals surface area contributed by atoms with Gasteiger partial charge in [-0.25, -0.2) is 8.42 Å². The van der Waals surface area contributed by atoms with E-state index in [1.54, 1.807) is 30.3 Å². The zero-order valence-electron chi connectivity index (χ0n) is 13.8. The molecule has 0 aliphatic heterocycles. The summed E-state index contributed by atoms with van der Waals surface area (Å²) in [6.45, 7) is 0. The number of anilines is 1. The normalized spacial score (nSPS) is 11.2. The van der Waals surface area contributed by atoms with Crippen molar-refractivity contribution in [2.75, 3.05) is 11.4 Å². The van der Waals surface area contributed by atoms with E-state index in [4.69, 9.17) is 27.9 Å². The maximum absolute atomic E-state index is 12.8. The van der Waals surface area contributed by atoms with E-state index in [0.717, 1.165) is 4.31 Å². The highest BCUT2D eigenvalue weighted by molar-refractivity contribution is 7.93. The van der Waals surface area contributed by atoms with Crippen LogP contribution in [0, 0.1) is 0 Å². The molecule has 0 spiro atoms. The minimum atomic E-state index is -3.84. The molecule has 0 heterocycles. The third-order valence-corrected chi connectivity index (χ3v) is 6.21. The lowest BCUT2D eigenvalue weighted by atomic mass is 10.3. The van der Waals surface area contributed by atoms with Gasteiger partial charge in [0.05, 0.1) is 10.7 Å². The van der Waals surface area contributed by atoms with Gasteiger partial charge in [0.1, 0.15) is 16.4 Å². The highest BCUT2D eigenvalue weighted by Crippen LogP contribution is 2.31. The fourth-order valence-corrected chi connectivity index (χ4v) is 4.24. The minimum absolute atomic E-state index is 0.0428. The molecule has 0 fully saturated rings. The predicted octanol–water partition coefficient (Wildman–Crippen LogP) is 5.61. The molecule has 3 aromatic rings. The average molecular weight is 408 g/mol. The molecule has 0 saturated heterocycles. The van der Waals surface area contributed by atoms with Crippen LogP contribution in [0.2, 0.25) is 10.0 Å². The molecule has 7 heteroatoms. The van der Waals surface area contributed by atoms with Crippen molar-refractivity contribution in [3.63, 3.8) is 0 Å². The second-order valence-corrected chi connectivity index (χ2v) is 8.24. The van der Waals surface area contributed by atoms with Crippen LogP contribution in [0.15, 0.2) is 77.7 Å². The fraction of sp³-hybridized carbons (Fsp3) is 0.0526. The topological polar surface area (TPSA) is 46.6 Å². The number of nitrogens with zero attached hydrogens (tertiary/aromatic N) is 1. The average Bonchev–Trinajstić information content (AvgIpc) is 2.64. The summed E-state index contributed by atoms with van der Waals surface area (Å²) in [5, 5.41) is 0.415. The van der Waals surface area contributed by atoms with Crippen molar-refractivity contribution in [1.29, 1.82) is 0 Å². The van der Waals surface area contributed by atoms with Crippen molar-refractivity contribution >= 4 is 38.9 Å². The summed E-state index contributed by atoms with van der Waals surface area (Å²) in [7, 11) is -2.38. The molecule has 0 N–H and O–H groups in total. The fourth-order valence-electron chi connectivity index (χ4n) is 2.31. The van der Waals surface area contributed by atoms with Gasteiger partial charge in [0.15, 0.2) is 0 Å². The molecule has 0 unspecified atom stereocenters. The summed E-state index contributed by atoms with van der Waals surface area (Å²) in [5.74, 6) is 1.30. The number of sulfonamides is 1. The van der Waals surface area contributed by atoms with E-state index in [-0.39, 0.29) is 9.92 Å². The van der Waals surface area contributed by atoms with Crippen LogP contribution in [0.25, 0.3) is 0 Å². The summed E-state index contributed by atoms with van der Waals surface area (Å²) in [6.07, 6.45) is 0. The Hall–Kier alpha value is -2.21. The van der Waals surface area contributed by atoms with Crippen LogP contribution in [0.3, 0.4) is 0 Å². The molecule has 0 aromatic heterocycles. The second kappa shape index (κ2) is 7.58. The third-order valence-electron chi connectivity index (χ3n) is 3.71. The number of rotatable bonds is 5. The molecule has 26 heavy (non-hydrogen) atoms. The van der Waals surface area contributed by atoms with Crippen LogP contribution in [0.5, 0.6) is 11.5 Å². The number of benzene rings is 3. The molecule has 0 aliphatic rings. The molecule has 0 aliphatic carbocycles. The lowest BCUT2D eigenvalue weighted by Crippen LogP contribution is -2.26. The van der Waals surface area contributed by atoms with Crippen molar-refractivity contribution in [1.82, 2.24) is 0 Å². The molecule has 4 nitrogen and oxygen atoms in total. The molecular weight excluding hydrogens is 393 g/mol. The van der Waals surface area contributed by atoms with Crippen LogP contribution >= 0.6 is 23.2 Å². The van der Waals surface area contributed by atoms with Gasteiger partial charge in [-0.15, -0.1) is 0 Å². The Morgan fingerprint density at radius 3 is 2.12 bits per heavy atom. The van der Waals surface area contributed by atoms with Crippen LogP contribution in [-0.2, 0) is 10.0 Å². The van der Waals surface area contributed by atoms with Gasteiger partial charge in [0.2, 0.25) is 0 Å². The van der Waals surface area contributed by atoms with Gasteiger partial charge < -0.3 is 4.74 Å². The molecule has 0 saturated carbocycles. The number of hydrogen-bond donors (Lipinski definition) is 0. The van der Waals surface area contributed by atoms with Gasteiger partial charge >= 0.3 is 0 Å². The molecule has 0 amide bonds. The third kappa shape index (κ3) is 3.96.